The maximum atomic E-state index is 13.0. The number of benzene rings is 1. The molecule has 1 fully saturated rings. The lowest BCUT2D eigenvalue weighted by atomic mass is 10.0. The molecule has 2 aliphatic heterocycles. The van der Waals surface area contributed by atoms with Crippen LogP contribution < -0.4 is 5.32 Å². The maximum absolute atomic E-state index is 13.0. The standard InChI is InChI=1S/C18H21N3O4S2/c22-17(20-18-19-14-9-11-25-12-16(14)26-18)15-8-4-5-10-21(15)27(23,24)13-6-2-1-3-7-13/h1-3,6-7,15H,4-5,8-12H2,(H,19,20,22). The number of fused-ring (bicyclic) bond motifs is 1. The molecule has 1 saturated heterocycles. The number of nitrogens with one attached hydrogen (secondary N) is 1. The molecule has 3 heterocycles. The third kappa shape index (κ3) is 3.77. The van der Waals surface area contributed by atoms with Crippen LogP contribution in [0.4, 0.5) is 5.13 Å². The van der Waals surface area contributed by atoms with Gasteiger partial charge in [0.25, 0.3) is 0 Å². The summed E-state index contributed by atoms with van der Waals surface area (Å²) in [5.74, 6) is -0.318. The molecule has 4 rings (SSSR count). The Hall–Kier alpha value is -1.81. The van der Waals surface area contributed by atoms with E-state index in [1.807, 2.05) is 0 Å². The van der Waals surface area contributed by atoms with E-state index in [9.17, 15) is 13.2 Å². The van der Waals surface area contributed by atoms with Crippen molar-refractivity contribution in [2.75, 3.05) is 18.5 Å². The molecule has 1 amide bonds. The summed E-state index contributed by atoms with van der Waals surface area (Å²) < 4.78 is 32.8. The molecule has 0 saturated carbocycles. The molecule has 9 heteroatoms. The lowest BCUT2D eigenvalue weighted by Crippen LogP contribution is -2.49. The van der Waals surface area contributed by atoms with Gasteiger partial charge in [0.05, 0.1) is 28.7 Å². The third-order valence-electron chi connectivity index (χ3n) is 4.83. The van der Waals surface area contributed by atoms with Gasteiger partial charge in [-0.2, -0.15) is 4.31 Å². The molecule has 1 N–H and O–H groups in total. The number of carbonyl (C=O) groups is 1. The van der Waals surface area contributed by atoms with Gasteiger partial charge in [0.1, 0.15) is 6.04 Å². The number of thiazole rings is 1. The van der Waals surface area contributed by atoms with Crippen LogP contribution in [0.5, 0.6) is 0 Å². The van der Waals surface area contributed by atoms with Crippen LogP contribution >= 0.6 is 11.3 Å². The molecular weight excluding hydrogens is 386 g/mol. The second kappa shape index (κ2) is 7.67. The number of aromatic nitrogens is 1. The van der Waals surface area contributed by atoms with E-state index in [2.05, 4.69) is 10.3 Å². The number of sulfonamides is 1. The van der Waals surface area contributed by atoms with E-state index >= 15 is 0 Å². The van der Waals surface area contributed by atoms with Crippen LogP contribution in [0.2, 0.25) is 0 Å². The third-order valence-corrected chi connectivity index (χ3v) is 7.74. The Kier molecular flexibility index (Phi) is 5.27. The molecule has 0 spiro atoms. The van der Waals surface area contributed by atoms with Crippen molar-refractivity contribution in [1.29, 1.82) is 0 Å². The Balaban J connectivity index is 1.55. The van der Waals surface area contributed by atoms with Gasteiger partial charge in [0.2, 0.25) is 15.9 Å². The molecule has 0 bridgehead atoms. The zero-order valence-electron chi connectivity index (χ0n) is 14.8. The van der Waals surface area contributed by atoms with Gasteiger partial charge in [-0.15, -0.1) is 0 Å². The van der Waals surface area contributed by atoms with Crippen LogP contribution in [0.1, 0.15) is 29.8 Å². The van der Waals surface area contributed by atoms with Crippen molar-refractivity contribution < 1.29 is 17.9 Å². The molecule has 1 unspecified atom stereocenters. The lowest BCUT2D eigenvalue weighted by Gasteiger charge is -2.33. The highest BCUT2D eigenvalue weighted by Gasteiger charge is 2.38. The summed E-state index contributed by atoms with van der Waals surface area (Å²) in [5.41, 5.74) is 0.957. The summed E-state index contributed by atoms with van der Waals surface area (Å²) >= 11 is 1.40. The van der Waals surface area contributed by atoms with Crippen molar-refractivity contribution in [1.82, 2.24) is 9.29 Å². The molecule has 1 aromatic heterocycles. The van der Waals surface area contributed by atoms with Crippen LogP contribution in [0.3, 0.4) is 0 Å². The number of ether oxygens (including phenoxy) is 1. The molecule has 1 aromatic carbocycles. The highest BCUT2D eigenvalue weighted by atomic mass is 32.2. The van der Waals surface area contributed by atoms with Gasteiger partial charge in [-0.05, 0) is 25.0 Å². The maximum Gasteiger partial charge on any atom is 0.244 e. The Bertz CT molecular complexity index is 904. The minimum Gasteiger partial charge on any atom is -0.375 e. The monoisotopic (exact) mass is 407 g/mol. The number of carbonyl (C=O) groups excluding carboxylic acids is 1. The van der Waals surface area contributed by atoms with Crippen LogP contribution in [0, 0.1) is 0 Å². The summed E-state index contributed by atoms with van der Waals surface area (Å²) in [6.45, 7) is 1.49. The van der Waals surface area contributed by atoms with Crippen LogP contribution in [0.15, 0.2) is 35.2 Å². The number of hydrogen-bond acceptors (Lipinski definition) is 6. The Morgan fingerprint density at radius 2 is 2.07 bits per heavy atom. The molecule has 1 atom stereocenters. The fourth-order valence-corrected chi connectivity index (χ4v) is 6.08. The smallest absolute Gasteiger partial charge is 0.244 e. The summed E-state index contributed by atoms with van der Waals surface area (Å²) in [7, 11) is -3.72. The first kappa shape index (κ1) is 18.5. The summed E-state index contributed by atoms with van der Waals surface area (Å²) in [4.78, 5) is 18.6. The van der Waals surface area contributed by atoms with Crippen molar-refractivity contribution in [2.45, 2.75) is 43.2 Å². The molecule has 27 heavy (non-hydrogen) atoms. The molecule has 2 aromatic rings. The van der Waals surface area contributed by atoms with E-state index in [0.717, 1.165) is 29.8 Å². The minimum atomic E-state index is -3.72. The largest absolute Gasteiger partial charge is 0.375 e. The van der Waals surface area contributed by atoms with Crippen LogP contribution in [0.25, 0.3) is 0 Å². The predicted molar refractivity (Wildman–Crippen MR) is 102 cm³/mol. The average molecular weight is 408 g/mol. The number of piperidine rings is 1. The normalized spacial score (nSPS) is 20.8. The SMILES string of the molecule is O=C(Nc1nc2c(s1)COCC2)C1CCCCN1S(=O)(=O)c1ccccc1. The van der Waals surface area contributed by atoms with Crippen molar-refractivity contribution in [3.63, 3.8) is 0 Å². The Morgan fingerprint density at radius 1 is 1.26 bits per heavy atom. The molecule has 0 aliphatic carbocycles. The Labute approximate surface area is 162 Å². The van der Waals surface area contributed by atoms with Crippen LogP contribution in [-0.2, 0) is 32.6 Å². The second-order valence-corrected chi connectivity index (χ2v) is 9.60. The topological polar surface area (TPSA) is 88.6 Å². The van der Waals surface area contributed by atoms with Gasteiger partial charge in [-0.3, -0.25) is 4.79 Å². The van der Waals surface area contributed by atoms with E-state index in [4.69, 9.17) is 4.74 Å². The summed E-state index contributed by atoms with van der Waals surface area (Å²) in [6.07, 6.45) is 2.81. The van der Waals surface area contributed by atoms with Gasteiger partial charge in [-0.25, -0.2) is 13.4 Å². The first-order valence-electron chi connectivity index (χ1n) is 9.00. The number of amides is 1. The zero-order chi connectivity index (χ0) is 18.9. The van der Waals surface area contributed by atoms with Crippen molar-refractivity contribution in [3.05, 3.63) is 40.9 Å². The number of nitrogens with zero attached hydrogens (tertiary/aromatic N) is 2. The van der Waals surface area contributed by atoms with Gasteiger partial charge in [0, 0.05) is 13.0 Å². The summed E-state index contributed by atoms with van der Waals surface area (Å²) in [5, 5.41) is 3.34. The fraction of sp³-hybridized carbons (Fsp3) is 0.444. The van der Waals surface area contributed by atoms with Crippen molar-refractivity contribution in [3.8, 4) is 0 Å². The molecule has 2 aliphatic rings. The fourth-order valence-electron chi connectivity index (χ4n) is 3.45. The number of anilines is 1. The first-order valence-corrected chi connectivity index (χ1v) is 11.3. The highest BCUT2D eigenvalue weighted by Crippen LogP contribution is 2.29. The summed E-state index contributed by atoms with van der Waals surface area (Å²) in [6, 6.07) is 7.55. The van der Waals surface area contributed by atoms with Crippen molar-refractivity contribution >= 4 is 32.4 Å². The average Bonchev–Trinajstić information content (AvgIpc) is 3.11. The van der Waals surface area contributed by atoms with Gasteiger partial charge < -0.3 is 10.1 Å². The highest BCUT2D eigenvalue weighted by molar-refractivity contribution is 7.89. The Morgan fingerprint density at radius 3 is 2.85 bits per heavy atom. The molecule has 7 nitrogen and oxygen atoms in total. The van der Waals surface area contributed by atoms with Gasteiger partial charge in [-0.1, -0.05) is 36.0 Å². The second-order valence-electron chi connectivity index (χ2n) is 6.62. The van der Waals surface area contributed by atoms with Crippen molar-refractivity contribution in [2.24, 2.45) is 0 Å². The first-order chi connectivity index (χ1) is 13.1. The minimum absolute atomic E-state index is 0.214. The van der Waals surface area contributed by atoms with E-state index in [1.54, 1.807) is 30.3 Å². The molecular formula is C18H21N3O4S2. The quantitative estimate of drug-likeness (QED) is 0.841. The van der Waals surface area contributed by atoms with E-state index < -0.39 is 16.1 Å². The zero-order valence-corrected chi connectivity index (χ0v) is 16.4. The van der Waals surface area contributed by atoms with E-state index in [-0.39, 0.29) is 10.8 Å². The molecule has 0 radical (unpaired) electrons. The van der Waals surface area contributed by atoms with E-state index in [0.29, 0.717) is 31.3 Å². The number of rotatable bonds is 4. The number of hydrogen-bond donors (Lipinski definition) is 1. The van der Waals surface area contributed by atoms with Gasteiger partial charge in [0.15, 0.2) is 5.13 Å². The van der Waals surface area contributed by atoms with Gasteiger partial charge >= 0.3 is 0 Å². The van der Waals surface area contributed by atoms with E-state index in [1.165, 1.54) is 15.6 Å². The lowest BCUT2D eigenvalue weighted by molar-refractivity contribution is -0.120. The molecule has 144 valence electrons. The van der Waals surface area contributed by atoms with Crippen LogP contribution in [-0.4, -0.2) is 42.8 Å². The predicted octanol–water partition coefficient (Wildman–Crippen LogP) is 2.40.